The van der Waals surface area contributed by atoms with Gasteiger partial charge in [0.05, 0.1) is 24.5 Å². The predicted octanol–water partition coefficient (Wildman–Crippen LogP) is 3.24. The van der Waals surface area contributed by atoms with E-state index >= 15 is 0 Å². The molecule has 6 nitrogen and oxygen atoms in total. The SMILES string of the molecule is CCOC(=O)c1ccc(NC(=O)CCCOc2ccccc2N)cc1. The highest BCUT2D eigenvalue weighted by molar-refractivity contribution is 5.93. The molecule has 0 saturated carbocycles. The summed E-state index contributed by atoms with van der Waals surface area (Å²) in [6, 6.07) is 13.8. The number of ether oxygens (including phenoxy) is 2. The van der Waals surface area contributed by atoms with E-state index in [0.29, 0.717) is 48.7 Å². The minimum atomic E-state index is -0.377. The molecule has 0 fully saturated rings. The van der Waals surface area contributed by atoms with Crippen molar-refractivity contribution in [3.63, 3.8) is 0 Å². The Kier molecular flexibility index (Phi) is 6.83. The van der Waals surface area contributed by atoms with Gasteiger partial charge >= 0.3 is 5.97 Å². The normalized spacial score (nSPS) is 10.1. The Hall–Kier alpha value is -3.02. The number of esters is 1. The Bertz CT molecular complexity index is 714. The van der Waals surface area contributed by atoms with Gasteiger partial charge in [0.15, 0.2) is 0 Å². The highest BCUT2D eigenvalue weighted by atomic mass is 16.5. The molecular weight excluding hydrogens is 320 g/mol. The van der Waals surface area contributed by atoms with Gasteiger partial charge in [0, 0.05) is 12.1 Å². The monoisotopic (exact) mass is 342 g/mol. The van der Waals surface area contributed by atoms with Gasteiger partial charge in [-0.15, -0.1) is 0 Å². The Morgan fingerprint density at radius 2 is 1.80 bits per heavy atom. The Morgan fingerprint density at radius 1 is 1.08 bits per heavy atom. The lowest BCUT2D eigenvalue weighted by Gasteiger charge is -2.09. The van der Waals surface area contributed by atoms with Crippen molar-refractivity contribution in [2.45, 2.75) is 19.8 Å². The molecule has 0 radical (unpaired) electrons. The maximum absolute atomic E-state index is 11.9. The molecule has 2 aromatic rings. The second kappa shape index (κ2) is 9.32. The van der Waals surface area contributed by atoms with Crippen molar-refractivity contribution in [2.75, 3.05) is 24.3 Å². The molecule has 2 rings (SSSR count). The summed E-state index contributed by atoms with van der Waals surface area (Å²) in [6.45, 7) is 2.49. The van der Waals surface area contributed by atoms with Gasteiger partial charge in [0.2, 0.25) is 5.91 Å². The van der Waals surface area contributed by atoms with Gasteiger partial charge in [-0.3, -0.25) is 4.79 Å². The summed E-state index contributed by atoms with van der Waals surface area (Å²) in [7, 11) is 0. The molecule has 0 saturated heterocycles. The van der Waals surface area contributed by atoms with Crippen LogP contribution in [0.25, 0.3) is 0 Å². The number of nitrogens with one attached hydrogen (secondary N) is 1. The maximum atomic E-state index is 11.9. The molecule has 3 N–H and O–H groups in total. The quantitative estimate of drug-likeness (QED) is 0.436. The molecular formula is C19H22N2O4. The van der Waals surface area contributed by atoms with Crippen molar-refractivity contribution in [3.8, 4) is 5.75 Å². The zero-order valence-electron chi connectivity index (χ0n) is 14.2. The van der Waals surface area contributed by atoms with Crippen molar-refractivity contribution in [1.29, 1.82) is 0 Å². The Balaban J connectivity index is 1.73. The van der Waals surface area contributed by atoms with Crippen LogP contribution in [0.2, 0.25) is 0 Å². The van der Waals surface area contributed by atoms with Crippen LogP contribution >= 0.6 is 0 Å². The van der Waals surface area contributed by atoms with Crippen LogP contribution < -0.4 is 15.8 Å². The Labute approximate surface area is 146 Å². The number of rotatable bonds is 8. The van der Waals surface area contributed by atoms with E-state index in [0.717, 1.165) is 0 Å². The average Bonchev–Trinajstić information content (AvgIpc) is 2.61. The summed E-state index contributed by atoms with van der Waals surface area (Å²) in [5.74, 6) is 0.128. The lowest BCUT2D eigenvalue weighted by molar-refractivity contribution is -0.116. The maximum Gasteiger partial charge on any atom is 0.338 e. The van der Waals surface area contributed by atoms with Crippen LogP contribution in [-0.4, -0.2) is 25.1 Å². The first-order valence-corrected chi connectivity index (χ1v) is 8.14. The molecule has 1 amide bonds. The summed E-state index contributed by atoms with van der Waals surface area (Å²) < 4.78 is 10.5. The lowest BCUT2D eigenvalue weighted by Crippen LogP contribution is -2.13. The van der Waals surface area contributed by atoms with Crippen molar-refractivity contribution in [3.05, 3.63) is 54.1 Å². The first-order valence-electron chi connectivity index (χ1n) is 8.14. The number of para-hydroxylation sites is 2. The number of hydrogen-bond acceptors (Lipinski definition) is 5. The number of hydrogen-bond donors (Lipinski definition) is 2. The van der Waals surface area contributed by atoms with Crippen molar-refractivity contribution in [1.82, 2.24) is 0 Å². The minimum absolute atomic E-state index is 0.117. The van der Waals surface area contributed by atoms with Gasteiger partial charge in [0.25, 0.3) is 0 Å². The molecule has 0 aliphatic carbocycles. The molecule has 132 valence electrons. The number of nitrogens with two attached hydrogens (primary N) is 1. The Morgan fingerprint density at radius 3 is 2.48 bits per heavy atom. The zero-order valence-corrected chi connectivity index (χ0v) is 14.2. The first kappa shape index (κ1) is 18.3. The fourth-order valence-corrected chi connectivity index (χ4v) is 2.15. The number of carbonyl (C=O) groups excluding carboxylic acids is 2. The molecule has 0 spiro atoms. The molecule has 25 heavy (non-hydrogen) atoms. The summed E-state index contributed by atoms with van der Waals surface area (Å²) in [6.07, 6.45) is 0.896. The van der Waals surface area contributed by atoms with Gasteiger partial charge in [0.1, 0.15) is 5.75 Å². The lowest BCUT2D eigenvalue weighted by atomic mass is 10.2. The topological polar surface area (TPSA) is 90.6 Å². The number of anilines is 2. The molecule has 0 aliphatic rings. The standard InChI is InChI=1S/C19H22N2O4/c1-2-24-19(23)14-9-11-15(12-10-14)21-18(22)8-5-13-25-17-7-4-3-6-16(17)20/h3-4,6-7,9-12H,2,5,8,13,20H2,1H3,(H,21,22). The molecule has 0 aliphatic heterocycles. The van der Waals surface area contributed by atoms with E-state index in [1.165, 1.54) is 0 Å². The molecule has 0 aromatic heterocycles. The van der Waals surface area contributed by atoms with Gasteiger partial charge in [-0.05, 0) is 49.7 Å². The average molecular weight is 342 g/mol. The number of carbonyl (C=O) groups is 2. The summed E-state index contributed by atoms with van der Waals surface area (Å²) in [5.41, 5.74) is 7.44. The van der Waals surface area contributed by atoms with Crippen LogP contribution in [-0.2, 0) is 9.53 Å². The van der Waals surface area contributed by atoms with E-state index < -0.39 is 0 Å². The number of amides is 1. The molecule has 0 unspecified atom stereocenters. The van der Waals surface area contributed by atoms with E-state index in [1.54, 1.807) is 43.3 Å². The third-order valence-corrected chi connectivity index (χ3v) is 3.40. The zero-order chi connectivity index (χ0) is 18.1. The molecule has 0 atom stereocenters. The van der Waals surface area contributed by atoms with Gasteiger partial charge < -0.3 is 20.5 Å². The molecule has 6 heteroatoms. The predicted molar refractivity (Wildman–Crippen MR) is 96.6 cm³/mol. The fraction of sp³-hybridized carbons (Fsp3) is 0.263. The van der Waals surface area contributed by atoms with Gasteiger partial charge in [-0.2, -0.15) is 0 Å². The van der Waals surface area contributed by atoms with Crippen molar-refractivity contribution >= 4 is 23.3 Å². The van der Waals surface area contributed by atoms with E-state index in [2.05, 4.69) is 5.32 Å². The molecule has 0 bridgehead atoms. The summed E-state index contributed by atoms with van der Waals surface area (Å²) >= 11 is 0. The second-order valence-corrected chi connectivity index (χ2v) is 5.34. The second-order valence-electron chi connectivity index (χ2n) is 5.34. The summed E-state index contributed by atoms with van der Waals surface area (Å²) in [5, 5.41) is 2.78. The third-order valence-electron chi connectivity index (χ3n) is 3.40. The summed E-state index contributed by atoms with van der Waals surface area (Å²) in [4.78, 5) is 23.5. The highest BCUT2D eigenvalue weighted by Gasteiger charge is 2.07. The van der Waals surface area contributed by atoms with E-state index in [4.69, 9.17) is 15.2 Å². The van der Waals surface area contributed by atoms with E-state index in [9.17, 15) is 9.59 Å². The van der Waals surface area contributed by atoms with Crippen LogP contribution in [0.1, 0.15) is 30.1 Å². The largest absolute Gasteiger partial charge is 0.491 e. The van der Waals surface area contributed by atoms with Crippen molar-refractivity contribution in [2.24, 2.45) is 0 Å². The van der Waals surface area contributed by atoms with Crippen LogP contribution in [0.15, 0.2) is 48.5 Å². The van der Waals surface area contributed by atoms with Gasteiger partial charge in [-0.1, -0.05) is 12.1 Å². The van der Waals surface area contributed by atoms with Gasteiger partial charge in [-0.25, -0.2) is 4.79 Å². The first-order chi connectivity index (χ1) is 12.1. The van der Waals surface area contributed by atoms with Crippen LogP contribution in [0.4, 0.5) is 11.4 Å². The smallest absolute Gasteiger partial charge is 0.338 e. The van der Waals surface area contributed by atoms with Crippen LogP contribution in [0, 0.1) is 0 Å². The molecule has 0 heterocycles. The van der Waals surface area contributed by atoms with Crippen LogP contribution in [0.3, 0.4) is 0 Å². The number of nitrogen functional groups attached to an aromatic ring is 1. The van der Waals surface area contributed by atoms with E-state index in [-0.39, 0.29) is 11.9 Å². The third kappa shape index (κ3) is 5.84. The van der Waals surface area contributed by atoms with Crippen molar-refractivity contribution < 1.29 is 19.1 Å². The van der Waals surface area contributed by atoms with E-state index in [1.807, 2.05) is 12.1 Å². The molecule has 2 aromatic carbocycles. The number of benzene rings is 2. The minimum Gasteiger partial charge on any atom is -0.491 e. The fourth-order valence-electron chi connectivity index (χ4n) is 2.15. The van der Waals surface area contributed by atoms with Crippen LogP contribution in [0.5, 0.6) is 5.75 Å². The highest BCUT2D eigenvalue weighted by Crippen LogP contribution is 2.20.